The number of azide groups is 1. The Morgan fingerprint density at radius 3 is 2.61 bits per heavy atom. The lowest BCUT2D eigenvalue weighted by Crippen LogP contribution is -2.06. The van der Waals surface area contributed by atoms with Gasteiger partial charge in [0.15, 0.2) is 5.75 Å². The largest absolute Gasteiger partial charge is 0.488 e. The van der Waals surface area contributed by atoms with Crippen LogP contribution in [-0.2, 0) is 17.0 Å². The topological polar surface area (TPSA) is 92.1 Å². The van der Waals surface area contributed by atoms with Crippen LogP contribution < -0.4 is 4.18 Å². The third-order valence-corrected chi connectivity index (χ3v) is 3.18. The number of hydrogen-bond acceptors (Lipinski definition) is 5. The molecule has 0 N–H and O–H groups in total. The standard InChI is InChI=1S/C9H10FN3O3S2/c1-5-7(4-12-13-11)3-8(17)6(2)9(5)16-18(10,14)15/h3,17H,4H2,1-2H3. The van der Waals surface area contributed by atoms with Gasteiger partial charge in [-0.25, -0.2) is 0 Å². The second-order valence-corrected chi connectivity index (χ2v) is 4.93. The van der Waals surface area contributed by atoms with E-state index < -0.39 is 10.5 Å². The molecule has 0 unspecified atom stereocenters. The van der Waals surface area contributed by atoms with E-state index in [0.717, 1.165) is 0 Å². The van der Waals surface area contributed by atoms with Crippen LogP contribution in [0.4, 0.5) is 3.89 Å². The first kappa shape index (κ1) is 14.6. The van der Waals surface area contributed by atoms with E-state index in [2.05, 4.69) is 26.8 Å². The van der Waals surface area contributed by atoms with Gasteiger partial charge in [-0.05, 0) is 36.6 Å². The minimum atomic E-state index is -5.11. The average molecular weight is 291 g/mol. The Kier molecular flexibility index (Phi) is 4.44. The smallest absolute Gasteiger partial charge is 0.358 e. The first-order chi connectivity index (χ1) is 8.26. The van der Waals surface area contributed by atoms with E-state index in [1.807, 2.05) is 0 Å². The van der Waals surface area contributed by atoms with Crippen molar-refractivity contribution in [1.29, 1.82) is 0 Å². The third-order valence-electron chi connectivity index (χ3n) is 2.35. The van der Waals surface area contributed by atoms with Gasteiger partial charge >= 0.3 is 10.5 Å². The quantitative estimate of drug-likeness (QED) is 0.304. The monoisotopic (exact) mass is 291 g/mol. The molecule has 98 valence electrons. The van der Waals surface area contributed by atoms with Crippen LogP contribution in [0, 0.1) is 13.8 Å². The molecule has 6 nitrogen and oxygen atoms in total. The van der Waals surface area contributed by atoms with Gasteiger partial charge in [-0.1, -0.05) is 9.00 Å². The van der Waals surface area contributed by atoms with E-state index in [4.69, 9.17) is 5.53 Å². The van der Waals surface area contributed by atoms with Crippen molar-refractivity contribution in [2.45, 2.75) is 25.3 Å². The molecule has 0 aromatic heterocycles. The summed E-state index contributed by atoms with van der Waals surface area (Å²) in [6.07, 6.45) is 0. The van der Waals surface area contributed by atoms with Gasteiger partial charge in [0.1, 0.15) is 0 Å². The van der Waals surface area contributed by atoms with Crippen molar-refractivity contribution in [1.82, 2.24) is 0 Å². The molecule has 0 amide bonds. The van der Waals surface area contributed by atoms with Crippen LogP contribution in [0.25, 0.3) is 10.4 Å². The summed E-state index contributed by atoms with van der Waals surface area (Å²) in [6, 6.07) is 1.61. The van der Waals surface area contributed by atoms with Gasteiger partial charge in [-0.2, -0.15) is 8.42 Å². The van der Waals surface area contributed by atoms with Crippen molar-refractivity contribution in [3.05, 3.63) is 33.2 Å². The van der Waals surface area contributed by atoms with E-state index in [9.17, 15) is 12.3 Å². The van der Waals surface area contributed by atoms with Crippen LogP contribution in [0.3, 0.4) is 0 Å². The number of thiol groups is 1. The summed E-state index contributed by atoms with van der Waals surface area (Å²) in [5.74, 6) is -0.131. The highest BCUT2D eigenvalue weighted by Gasteiger charge is 2.18. The van der Waals surface area contributed by atoms with Gasteiger partial charge in [0.25, 0.3) is 0 Å². The molecule has 0 atom stereocenters. The second-order valence-electron chi connectivity index (χ2n) is 3.50. The summed E-state index contributed by atoms with van der Waals surface area (Å²) in [7, 11) is -5.11. The van der Waals surface area contributed by atoms with E-state index in [1.54, 1.807) is 19.9 Å². The molecule has 18 heavy (non-hydrogen) atoms. The summed E-state index contributed by atoms with van der Waals surface area (Å²) in [4.78, 5) is 3.01. The lowest BCUT2D eigenvalue weighted by molar-refractivity contribution is 0.436. The van der Waals surface area contributed by atoms with E-state index in [1.165, 1.54) is 0 Å². The van der Waals surface area contributed by atoms with Gasteiger partial charge in [-0.15, -0.1) is 12.6 Å². The Morgan fingerprint density at radius 2 is 2.11 bits per heavy atom. The Balaban J connectivity index is 3.39. The average Bonchev–Trinajstić information content (AvgIpc) is 2.26. The van der Waals surface area contributed by atoms with Gasteiger partial charge in [0.2, 0.25) is 0 Å². The first-order valence-corrected chi connectivity index (χ1v) is 6.48. The number of halogens is 1. The van der Waals surface area contributed by atoms with Crippen LogP contribution >= 0.6 is 12.6 Å². The molecule has 0 spiro atoms. The molecule has 0 bridgehead atoms. The van der Waals surface area contributed by atoms with Crippen LogP contribution in [0.1, 0.15) is 16.7 Å². The molecule has 0 heterocycles. The van der Waals surface area contributed by atoms with Gasteiger partial charge < -0.3 is 4.18 Å². The Morgan fingerprint density at radius 1 is 1.50 bits per heavy atom. The zero-order valence-electron chi connectivity index (χ0n) is 9.58. The number of hydrogen-bond donors (Lipinski definition) is 1. The highest BCUT2D eigenvalue weighted by atomic mass is 32.3. The Hall–Kier alpha value is -1.44. The highest BCUT2D eigenvalue weighted by molar-refractivity contribution is 7.81. The lowest BCUT2D eigenvalue weighted by Gasteiger charge is -2.13. The molecule has 0 saturated heterocycles. The molecule has 1 rings (SSSR count). The molecule has 1 aromatic rings. The Bertz CT molecular complexity index is 624. The maximum atomic E-state index is 12.6. The minimum Gasteiger partial charge on any atom is -0.358 e. The van der Waals surface area contributed by atoms with E-state index in [0.29, 0.717) is 21.6 Å². The van der Waals surface area contributed by atoms with Crippen molar-refractivity contribution in [2.24, 2.45) is 5.11 Å². The maximum absolute atomic E-state index is 12.6. The molecule has 0 aliphatic carbocycles. The number of benzene rings is 1. The van der Waals surface area contributed by atoms with Gasteiger partial charge in [0.05, 0.1) is 6.54 Å². The van der Waals surface area contributed by atoms with Crippen molar-refractivity contribution in [3.63, 3.8) is 0 Å². The number of rotatable bonds is 4. The fourth-order valence-corrected chi connectivity index (χ4v) is 2.13. The van der Waals surface area contributed by atoms with Crippen LogP contribution in [-0.4, -0.2) is 8.42 Å². The fourth-order valence-electron chi connectivity index (χ4n) is 1.42. The van der Waals surface area contributed by atoms with Crippen molar-refractivity contribution in [3.8, 4) is 5.75 Å². The van der Waals surface area contributed by atoms with Crippen molar-refractivity contribution in [2.75, 3.05) is 0 Å². The summed E-state index contributed by atoms with van der Waals surface area (Å²) in [6.45, 7) is 3.09. The molecule has 0 radical (unpaired) electrons. The maximum Gasteiger partial charge on any atom is 0.488 e. The van der Waals surface area contributed by atoms with Crippen LogP contribution in [0.15, 0.2) is 16.1 Å². The van der Waals surface area contributed by atoms with Crippen LogP contribution in [0.2, 0.25) is 0 Å². The first-order valence-electron chi connectivity index (χ1n) is 4.73. The van der Waals surface area contributed by atoms with E-state index >= 15 is 0 Å². The van der Waals surface area contributed by atoms with Crippen molar-refractivity contribution < 1.29 is 16.5 Å². The SMILES string of the molecule is Cc1c(S)cc(CN=[N+]=[N-])c(C)c1OS(=O)(=O)F. The molecule has 0 fully saturated rings. The summed E-state index contributed by atoms with van der Waals surface area (Å²) < 4.78 is 38.0. The highest BCUT2D eigenvalue weighted by Crippen LogP contribution is 2.33. The van der Waals surface area contributed by atoms with E-state index in [-0.39, 0.29) is 12.3 Å². The Labute approximate surface area is 109 Å². The molecular formula is C9H10FN3O3S2. The molecule has 0 saturated carbocycles. The normalized spacial score (nSPS) is 10.9. The number of nitrogens with zero attached hydrogens (tertiary/aromatic N) is 3. The summed E-state index contributed by atoms with van der Waals surface area (Å²) in [5, 5.41) is 3.36. The predicted octanol–water partition coefficient (Wildman–Crippen LogP) is 3.00. The minimum absolute atomic E-state index is 0.00112. The third kappa shape index (κ3) is 3.52. The zero-order chi connectivity index (χ0) is 13.9. The summed E-state index contributed by atoms with van der Waals surface area (Å²) in [5.41, 5.74) is 9.54. The second kappa shape index (κ2) is 5.47. The molecular weight excluding hydrogens is 281 g/mol. The van der Waals surface area contributed by atoms with Crippen molar-refractivity contribution >= 4 is 23.1 Å². The van der Waals surface area contributed by atoms with Crippen LogP contribution in [0.5, 0.6) is 5.75 Å². The summed E-state index contributed by atoms with van der Waals surface area (Å²) >= 11 is 4.12. The molecule has 9 heteroatoms. The fraction of sp³-hybridized carbons (Fsp3) is 0.333. The molecule has 1 aromatic carbocycles. The van der Waals surface area contributed by atoms with Gasteiger partial charge in [-0.3, -0.25) is 0 Å². The molecule has 0 aliphatic rings. The van der Waals surface area contributed by atoms with Gasteiger partial charge in [0, 0.05) is 15.4 Å². The zero-order valence-corrected chi connectivity index (χ0v) is 11.3. The lowest BCUT2D eigenvalue weighted by atomic mass is 10.0. The predicted molar refractivity (Wildman–Crippen MR) is 66.7 cm³/mol. The molecule has 0 aliphatic heterocycles.